The molecule has 13 heteroatoms. The van der Waals surface area contributed by atoms with Crippen molar-refractivity contribution in [1.82, 2.24) is 5.32 Å². The number of hydrogen-bond donors (Lipinski definition) is 2. The minimum absolute atomic E-state index is 0.000825. The Bertz CT molecular complexity index is 1660. The van der Waals surface area contributed by atoms with Crippen molar-refractivity contribution in [2.75, 3.05) is 19.5 Å². The maximum atomic E-state index is 15.0. The van der Waals surface area contributed by atoms with Crippen LogP contribution in [-0.4, -0.2) is 46.0 Å². The van der Waals surface area contributed by atoms with Gasteiger partial charge in [0.25, 0.3) is 15.7 Å². The predicted molar refractivity (Wildman–Crippen MR) is 149 cm³/mol. The second-order valence-electron chi connectivity index (χ2n) is 10.6. The van der Waals surface area contributed by atoms with Gasteiger partial charge in [-0.05, 0) is 73.1 Å². The highest BCUT2D eigenvalue weighted by Crippen LogP contribution is 2.49. The molecule has 0 saturated heterocycles. The molecule has 4 atom stereocenters. The first-order valence-corrected chi connectivity index (χ1v) is 14.9. The van der Waals surface area contributed by atoms with Gasteiger partial charge >= 0.3 is 5.51 Å². The molecular formula is C30H28F4N2O6S. The monoisotopic (exact) mass is 620 g/mol. The Balaban J connectivity index is 1.39. The molecule has 0 radical (unpaired) electrons. The summed E-state index contributed by atoms with van der Waals surface area (Å²) < 4.78 is 88.3. The lowest BCUT2D eigenvalue weighted by molar-refractivity contribution is -0.122. The van der Waals surface area contributed by atoms with Crippen LogP contribution in [0, 0.1) is 23.6 Å². The Morgan fingerprint density at radius 1 is 0.930 bits per heavy atom. The van der Waals surface area contributed by atoms with Crippen molar-refractivity contribution < 1.29 is 45.0 Å². The average molecular weight is 621 g/mol. The summed E-state index contributed by atoms with van der Waals surface area (Å²) in [6.07, 6.45) is 2.14. The zero-order chi connectivity index (χ0) is 31.1. The number of carbonyl (C=O) groups excluding carboxylic acids is 2. The van der Waals surface area contributed by atoms with Gasteiger partial charge in [-0.1, -0.05) is 18.2 Å². The van der Waals surface area contributed by atoms with Crippen LogP contribution in [0.1, 0.15) is 29.6 Å². The largest absolute Gasteiger partial charge is 0.501 e. The highest BCUT2D eigenvalue weighted by Gasteiger charge is 2.52. The molecule has 228 valence electrons. The molecule has 8 nitrogen and oxygen atoms in total. The molecule has 0 heterocycles. The third-order valence-corrected chi connectivity index (χ3v) is 9.65. The van der Waals surface area contributed by atoms with Gasteiger partial charge in [-0.2, -0.15) is 13.2 Å². The number of methoxy groups -OCH3 is 2. The van der Waals surface area contributed by atoms with Crippen LogP contribution in [0.5, 0.6) is 11.5 Å². The van der Waals surface area contributed by atoms with E-state index in [-0.39, 0.29) is 34.4 Å². The minimum atomic E-state index is -5.61. The van der Waals surface area contributed by atoms with Crippen LogP contribution in [0.25, 0.3) is 11.1 Å². The zero-order valence-corrected chi connectivity index (χ0v) is 23.9. The number of fused-ring (bicyclic) bond motifs is 2. The topological polar surface area (TPSA) is 111 Å². The van der Waals surface area contributed by atoms with E-state index >= 15 is 4.39 Å². The Morgan fingerprint density at radius 2 is 1.63 bits per heavy atom. The highest BCUT2D eigenvalue weighted by atomic mass is 32.2. The first-order valence-electron chi connectivity index (χ1n) is 13.4. The first-order chi connectivity index (χ1) is 20.3. The van der Waals surface area contributed by atoms with E-state index in [1.807, 2.05) is 0 Å². The Morgan fingerprint density at radius 3 is 2.28 bits per heavy atom. The number of anilines is 1. The summed E-state index contributed by atoms with van der Waals surface area (Å²) in [5, 5.41) is 5.46. The SMILES string of the molecule is COc1ccc(-c2cc(C(=O)N[C@@H]3[C@H]4CC[C@H](C4)[C@@H]3C(=O)Nc3cccc(S(=O)(=O)C(F)(F)F)c3)c(OC)cc2F)cc1. The van der Waals surface area contributed by atoms with Crippen LogP contribution in [0.2, 0.25) is 0 Å². The molecule has 2 saturated carbocycles. The number of carbonyl (C=O) groups is 2. The number of rotatable bonds is 8. The third kappa shape index (κ3) is 5.77. The lowest BCUT2D eigenvalue weighted by Gasteiger charge is -2.31. The molecule has 0 unspecified atom stereocenters. The van der Waals surface area contributed by atoms with E-state index in [4.69, 9.17) is 9.47 Å². The Hall–Kier alpha value is -4.13. The van der Waals surface area contributed by atoms with Crippen LogP contribution < -0.4 is 20.1 Å². The van der Waals surface area contributed by atoms with E-state index in [0.717, 1.165) is 37.1 Å². The summed E-state index contributed by atoms with van der Waals surface area (Å²) in [6, 6.07) is 12.4. The van der Waals surface area contributed by atoms with E-state index in [2.05, 4.69) is 10.6 Å². The number of hydrogen-bond acceptors (Lipinski definition) is 6. The fourth-order valence-electron chi connectivity index (χ4n) is 6.10. The van der Waals surface area contributed by atoms with Gasteiger partial charge in [-0.15, -0.1) is 0 Å². The van der Waals surface area contributed by atoms with E-state index in [1.54, 1.807) is 24.3 Å². The number of amides is 2. The molecule has 2 aliphatic rings. The van der Waals surface area contributed by atoms with Gasteiger partial charge in [0.2, 0.25) is 5.91 Å². The molecule has 0 spiro atoms. The second kappa shape index (κ2) is 11.5. The molecule has 43 heavy (non-hydrogen) atoms. The molecule has 2 amide bonds. The quantitative estimate of drug-likeness (QED) is 0.318. The average Bonchev–Trinajstić information content (AvgIpc) is 3.58. The van der Waals surface area contributed by atoms with Gasteiger partial charge in [0.15, 0.2) is 0 Å². The summed E-state index contributed by atoms with van der Waals surface area (Å²) in [5.41, 5.74) is -4.90. The molecule has 2 bridgehead atoms. The van der Waals surface area contributed by atoms with Crippen molar-refractivity contribution in [2.24, 2.45) is 17.8 Å². The standard InChI is InChI=1S/C30H28F4N2O6S/c1-41-20-10-8-16(9-11-20)22-14-23(25(42-2)15-24(22)31)28(37)36-27-18-7-6-17(12-18)26(27)29(38)35-19-4-3-5-21(13-19)43(39,40)30(32,33)34/h3-5,8-11,13-15,17-18,26-27H,6-7,12H2,1-2H3,(H,35,38)(H,36,37)/t17-,18+,26+,27-/m1/s1. The lowest BCUT2D eigenvalue weighted by atomic mass is 9.83. The van der Waals surface area contributed by atoms with Crippen molar-refractivity contribution in [3.05, 3.63) is 72.0 Å². The van der Waals surface area contributed by atoms with Gasteiger partial charge in [0.05, 0.1) is 30.6 Å². The Labute approximate surface area is 245 Å². The number of alkyl halides is 3. The van der Waals surface area contributed by atoms with Crippen LogP contribution in [0.4, 0.5) is 23.2 Å². The third-order valence-electron chi connectivity index (χ3n) is 8.17. The van der Waals surface area contributed by atoms with Gasteiger partial charge in [0.1, 0.15) is 17.3 Å². The smallest absolute Gasteiger partial charge is 0.497 e. The molecular weight excluding hydrogens is 592 g/mol. The minimum Gasteiger partial charge on any atom is -0.497 e. The summed E-state index contributed by atoms with van der Waals surface area (Å²) in [7, 11) is -2.80. The van der Waals surface area contributed by atoms with Gasteiger partial charge in [-0.3, -0.25) is 9.59 Å². The molecule has 2 N–H and O–H groups in total. The van der Waals surface area contributed by atoms with Gasteiger partial charge < -0.3 is 20.1 Å². The fraction of sp³-hybridized carbons (Fsp3) is 0.333. The highest BCUT2D eigenvalue weighted by molar-refractivity contribution is 7.92. The molecule has 2 aliphatic carbocycles. The van der Waals surface area contributed by atoms with Crippen molar-refractivity contribution in [3.63, 3.8) is 0 Å². The molecule has 3 aromatic carbocycles. The molecule has 2 fully saturated rings. The van der Waals surface area contributed by atoms with Gasteiger partial charge in [-0.25, -0.2) is 12.8 Å². The van der Waals surface area contributed by atoms with Gasteiger partial charge in [0, 0.05) is 23.4 Å². The number of halogens is 4. The number of sulfone groups is 1. The molecule has 3 aromatic rings. The van der Waals surface area contributed by atoms with Crippen molar-refractivity contribution in [2.45, 2.75) is 35.7 Å². The Kier molecular flexibility index (Phi) is 8.12. The second-order valence-corrected chi connectivity index (χ2v) is 12.5. The zero-order valence-electron chi connectivity index (χ0n) is 23.1. The predicted octanol–water partition coefficient (Wildman–Crippen LogP) is 5.59. The van der Waals surface area contributed by atoms with Crippen LogP contribution in [0.3, 0.4) is 0 Å². The summed E-state index contributed by atoms with van der Waals surface area (Å²) in [5.74, 6) is -2.02. The first kappa shape index (κ1) is 30.3. The summed E-state index contributed by atoms with van der Waals surface area (Å²) >= 11 is 0. The van der Waals surface area contributed by atoms with E-state index < -0.39 is 49.8 Å². The molecule has 5 rings (SSSR count). The van der Waals surface area contributed by atoms with Crippen molar-refractivity contribution in [1.29, 1.82) is 0 Å². The van der Waals surface area contributed by atoms with Crippen LogP contribution in [0.15, 0.2) is 65.6 Å². The van der Waals surface area contributed by atoms with Crippen LogP contribution >= 0.6 is 0 Å². The van der Waals surface area contributed by atoms with E-state index in [0.29, 0.717) is 17.7 Å². The van der Waals surface area contributed by atoms with Crippen LogP contribution in [-0.2, 0) is 14.6 Å². The maximum absolute atomic E-state index is 15.0. The number of benzene rings is 3. The maximum Gasteiger partial charge on any atom is 0.501 e. The molecule has 0 aromatic heterocycles. The summed E-state index contributed by atoms with van der Waals surface area (Å²) in [6.45, 7) is 0. The van der Waals surface area contributed by atoms with Crippen molar-refractivity contribution >= 4 is 27.3 Å². The fourth-order valence-corrected chi connectivity index (χ4v) is 6.91. The lowest BCUT2D eigenvalue weighted by Crippen LogP contribution is -2.48. The number of nitrogens with one attached hydrogen (secondary N) is 2. The van der Waals surface area contributed by atoms with E-state index in [9.17, 15) is 31.2 Å². The van der Waals surface area contributed by atoms with Crippen molar-refractivity contribution in [3.8, 4) is 22.6 Å². The number of ether oxygens (including phenoxy) is 2. The normalized spacial score (nSPS) is 21.3. The summed E-state index contributed by atoms with van der Waals surface area (Å²) in [4.78, 5) is 26.0. The molecule has 0 aliphatic heterocycles. The van der Waals surface area contributed by atoms with E-state index in [1.165, 1.54) is 26.4 Å².